The Labute approximate surface area is 156 Å². The molecule has 1 aliphatic rings. The summed E-state index contributed by atoms with van der Waals surface area (Å²) >= 11 is 3.32. The molecule has 0 heterocycles. The summed E-state index contributed by atoms with van der Waals surface area (Å²) in [6.07, 6.45) is 0.883. The molecule has 2 aromatic carbocycles. The molecule has 5 nitrogen and oxygen atoms in total. The van der Waals surface area contributed by atoms with Crippen LogP contribution in [0.2, 0.25) is 0 Å². The van der Waals surface area contributed by atoms with Gasteiger partial charge in [0.05, 0.1) is 4.90 Å². The van der Waals surface area contributed by atoms with Gasteiger partial charge >= 0.3 is 0 Å². The van der Waals surface area contributed by atoms with E-state index in [0.29, 0.717) is 22.9 Å². The van der Waals surface area contributed by atoms with Crippen LogP contribution in [0.4, 0.5) is 11.4 Å². The van der Waals surface area contributed by atoms with Gasteiger partial charge in [0.1, 0.15) is 0 Å². The number of nitrogens with one attached hydrogen (secondary N) is 2. The summed E-state index contributed by atoms with van der Waals surface area (Å²) in [5.41, 5.74) is 1.58. The summed E-state index contributed by atoms with van der Waals surface area (Å²) in [5.74, 6) is 0.371. The number of halogens is 1. The van der Waals surface area contributed by atoms with Crippen LogP contribution < -0.4 is 10.0 Å². The molecule has 0 unspecified atom stereocenters. The smallest absolute Gasteiger partial charge is 0.262 e. The Kier molecular flexibility index (Phi) is 4.88. The van der Waals surface area contributed by atoms with Gasteiger partial charge in [-0.2, -0.15) is 0 Å². The van der Waals surface area contributed by atoms with E-state index < -0.39 is 10.0 Å². The third kappa shape index (κ3) is 4.22. The molecule has 132 valence electrons. The van der Waals surface area contributed by atoms with Gasteiger partial charge in [-0.05, 0) is 61.2 Å². The molecule has 1 saturated carbocycles. The Morgan fingerprint density at radius 1 is 1.12 bits per heavy atom. The number of amides is 1. The zero-order chi connectivity index (χ0) is 18.2. The van der Waals surface area contributed by atoms with E-state index in [1.165, 1.54) is 6.07 Å². The van der Waals surface area contributed by atoms with Crippen molar-refractivity contribution in [2.24, 2.45) is 11.8 Å². The van der Waals surface area contributed by atoms with Gasteiger partial charge in [0.15, 0.2) is 0 Å². The third-order valence-corrected chi connectivity index (χ3v) is 6.34. The minimum absolute atomic E-state index is 0.0299. The third-order valence-electron chi connectivity index (χ3n) is 4.29. The van der Waals surface area contributed by atoms with E-state index in [9.17, 15) is 13.2 Å². The molecule has 1 aliphatic carbocycles. The van der Waals surface area contributed by atoms with Crippen LogP contribution in [0, 0.1) is 18.8 Å². The number of carbonyl (C=O) groups is 1. The van der Waals surface area contributed by atoms with E-state index >= 15 is 0 Å². The average molecular weight is 423 g/mol. The summed E-state index contributed by atoms with van der Waals surface area (Å²) in [6, 6.07) is 11.8. The lowest BCUT2D eigenvalue weighted by Crippen LogP contribution is -2.17. The van der Waals surface area contributed by atoms with Crippen molar-refractivity contribution < 1.29 is 13.2 Å². The van der Waals surface area contributed by atoms with E-state index in [1.54, 1.807) is 43.3 Å². The van der Waals surface area contributed by atoms with E-state index in [-0.39, 0.29) is 16.7 Å². The van der Waals surface area contributed by atoms with Gasteiger partial charge in [-0.25, -0.2) is 8.42 Å². The maximum atomic E-state index is 12.7. The average Bonchev–Trinajstić information content (AvgIpc) is 3.28. The summed E-state index contributed by atoms with van der Waals surface area (Å²) < 4.78 is 28.8. The molecule has 0 spiro atoms. The van der Waals surface area contributed by atoms with E-state index in [0.717, 1.165) is 10.9 Å². The first-order valence-electron chi connectivity index (χ1n) is 7.96. The number of aryl methyl sites for hydroxylation is 1. The summed E-state index contributed by atoms with van der Waals surface area (Å²) in [6.45, 7) is 3.75. The Hall–Kier alpha value is -1.86. The minimum Gasteiger partial charge on any atom is -0.326 e. The number of anilines is 2. The highest BCUT2D eigenvalue weighted by atomic mass is 79.9. The van der Waals surface area contributed by atoms with Crippen molar-refractivity contribution in [3.05, 3.63) is 52.5 Å². The molecule has 2 aromatic rings. The Balaban J connectivity index is 1.83. The van der Waals surface area contributed by atoms with Gasteiger partial charge < -0.3 is 5.32 Å². The molecule has 0 aromatic heterocycles. The highest BCUT2D eigenvalue weighted by Crippen LogP contribution is 2.38. The molecule has 0 aliphatic heterocycles. The van der Waals surface area contributed by atoms with Crippen molar-refractivity contribution >= 4 is 43.2 Å². The monoisotopic (exact) mass is 422 g/mol. The zero-order valence-corrected chi connectivity index (χ0v) is 16.3. The van der Waals surface area contributed by atoms with Gasteiger partial charge in [-0.3, -0.25) is 9.52 Å². The van der Waals surface area contributed by atoms with Gasteiger partial charge in [0, 0.05) is 21.8 Å². The largest absolute Gasteiger partial charge is 0.326 e. The van der Waals surface area contributed by atoms with Crippen molar-refractivity contribution in [1.82, 2.24) is 0 Å². The molecule has 3 rings (SSSR count). The fourth-order valence-corrected chi connectivity index (χ4v) is 4.21. The highest BCUT2D eigenvalue weighted by Gasteiger charge is 2.39. The quantitative estimate of drug-likeness (QED) is 0.759. The number of hydrogen-bond acceptors (Lipinski definition) is 3. The maximum Gasteiger partial charge on any atom is 0.262 e. The predicted molar refractivity (Wildman–Crippen MR) is 102 cm³/mol. The maximum absolute atomic E-state index is 12.7. The second-order valence-corrected chi connectivity index (χ2v) is 8.97. The minimum atomic E-state index is -3.75. The number of sulfonamides is 1. The van der Waals surface area contributed by atoms with Gasteiger partial charge in [-0.15, -0.1) is 0 Å². The van der Waals surface area contributed by atoms with Crippen LogP contribution in [0.15, 0.2) is 51.8 Å². The van der Waals surface area contributed by atoms with Crippen molar-refractivity contribution in [2.45, 2.75) is 25.2 Å². The second-order valence-electron chi connectivity index (χ2n) is 6.40. The number of rotatable bonds is 5. The summed E-state index contributed by atoms with van der Waals surface area (Å²) in [4.78, 5) is 12.2. The van der Waals surface area contributed by atoms with Gasteiger partial charge in [0.2, 0.25) is 5.91 Å². The number of carbonyl (C=O) groups excluding carboxylic acids is 1. The Bertz CT molecular complexity index is 910. The first-order valence-corrected chi connectivity index (χ1v) is 10.2. The van der Waals surface area contributed by atoms with Gasteiger partial charge in [-0.1, -0.05) is 28.9 Å². The molecular weight excluding hydrogens is 404 g/mol. The topological polar surface area (TPSA) is 75.3 Å². The van der Waals surface area contributed by atoms with Crippen LogP contribution in [0.1, 0.15) is 18.9 Å². The van der Waals surface area contributed by atoms with Crippen molar-refractivity contribution in [1.29, 1.82) is 0 Å². The molecule has 1 amide bonds. The van der Waals surface area contributed by atoms with E-state index in [4.69, 9.17) is 0 Å². The predicted octanol–water partition coefficient (Wildman–Crippen LogP) is 4.15. The normalized spacial score (nSPS) is 19.3. The fourth-order valence-electron chi connectivity index (χ4n) is 2.62. The molecule has 0 radical (unpaired) electrons. The lowest BCUT2D eigenvalue weighted by atomic mass is 10.2. The van der Waals surface area contributed by atoms with Crippen LogP contribution in [-0.2, 0) is 14.8 Å². The van der Waals surface area contributed by atoms with Crippen LogP contribution in [-0.4, -0.2) is 14.3 Å². The fraction of sp³-hybridized carbons (Fsp3) is 0.278. The molecule has 7 heteroatoms. The lowest BCUT2D eigenvalue weighted by molar-refractivity contribution is -0.117. The van der Waals surface area contributed by atoms with Crippen LogP contribution in [0.25, 0.3) is 0 Å². The molecule has 2 N–H and O–H groups in total. The van der Waals surface area contributed by atoms with E-state index in [2.05, 4.69) is 26.0 Å². The number of hydrogen-bond donors (Lipinski definition) is 2. The molecule has 0 saturated heterocycles. The molecule has 2 atom stereocenters. The molecular formula is C18H19BrN2O3S. The van der Waals surface area contributed by atoms with Crippen molar-refractivity contribution in [3.63, 3.8) is 0 Å². The molecule has 0 bridgehead atoms. The first kappa shape index (κ1) is 17.9. The molecule has 1 fully saturated rings. The molecule has 25 heavy (non-hydrogen) atoms. The lowest BCUT2D eigenvalue weighted by Gasteiger charge is -2.13. The van der Waals surface area contributed by atoms with Crippen LogP contribution >= 0.6 is 15.9 Å². The zero-order valence-electron chi connectivity index (χ0n) is 13.9. The van der Waals surface area contributed by atoms with Crippen molar-refractivity contribution in [2.75, 3.05) is 10.0 Å². The second kappa shape index (κ2) is 6.80. The summed E-state index contributed by atoms with van der Waals surface area (Å²) in [5, 5.41) is 2.81. The van der Waals surface area contributed by atoms with Crippen LogP contribution in [0.5, 0.6) is 0 Å². The Morgan fingerprint density at radius 3 is 2.32 bits per heavy atom. The van der Waals surface area contributed by atoms with Crippen molar-refractivity contribution in [3.8, 4) is 0 Å². The van der Waals surface area contributed by atoms with Crippen LogP contribution in [0.3, 0.4) is 0 Å². The standard InChI is InChI=1S/C18H19BrN2O3S/c1-11-3-6-15(20-18(22)16-9-12(16)2)10-17(11)25(23,24)21-14-7-4-13(19)5-8-14/h3-8,10,12,16,21H,9H2,1-2H3,(H,20,22)/t12-,16-/m0/s1. The summed E-state index contributed by atoms with van der Waals surface area (Å²) in [7, 11) is -3.75. The number of benzene rings is 2. The first-order chi connectivity index (χ1) is 11.8. The Morgan fingerprint density at radius 2 is 1.72 bits per heavy atom. The van der Waals surface area contributed by atoms with Gasteiger partial charge in [0.25, 0.3) is 10.0 Å². The van der Waals surface area contributed by atoms with E-state index in [1.807, 2.05) is 6.92 Å². The SMILES string of the molecule is Cc1ccc(NC(=O)[C@H]2C[C@@H]2C)cc1S(=O)(=O)Nc1ccc(Br)cc1. The highest BCUT2D eigenvalue weighted by molar-refractivity contribution is 9.10.